The number of amides is 1. The molecule has 0 unspecified atom stereocenters. The minimum absolute atomic E-state index is 0.0914. The Morgan fingerprint density at radius 2 is 1.85 bits per heavy atom. The quantitative estimate of drug-likeness (QED) is 0.669. The number of methoxy groups -OCH3 is 1. The van der Waals surface area contributed by atoms with Gasteiger partial charge in [-0.05, 0) is 30.2 Å². The van der Waals surface area contributed by atoms with E-state index in [1.54, 1.807) is 13.4 Å². The Hall–Kier alpha value is -3.41. The molecule has 0 aliphatic rings. The highest BCUT2D eigenvalue weighted by molar-refractivity contribution is 5.88. The van der Waals surface area contributed by atoms with E-state index >= 15 is 0 Å². The summed E-state index contributed by atoms with van der Waals surface area (Å²) in [7, 11) is 1.68. The Morgan fingerprint density at radius 3 is 2.59 bits per heavy atom. The summed E-state index contributed by atoms with van der Waals surface area (Å²) in [6.07, 6.45) is 2.37. The van der Waals surface area contributed by atoms with Crippen molar-refractivity contribution in [3.8, 4) is 17.0 Å². The first kappa shape index (κ1) is 18.4. The van der Waals surface area contributed by atoms with Crippen LogP contribution in [-0.4, -0.2) is 29.5 Å². The molecule has 3 aromatic rings. The summed E-state index contributed by atoms with van der Waals surface area (Å²) < 4.78 is 5.38. The predicted molar refractivity (Wildman–Crippen MR) is 107 cm³/mol. The maximum Gasteiger partial charge on any atom is 0.221 e. The van der Waals surface area contributed by atoms with Crippen molar-refractivity contribution in [1.82, 2.24) is 9.97 Å². The molecule has 0 spiro atoms. The molecule has 3 rings (SSSR count). The first-order valence-electron chi connectivity index (χ1n) is 8.71. The highest BCUT2D eigenvalue weighted by Gasteiger charge is 2.05. The Labute approximate surface area is 158 Å². The highest BCUT2D eigenvalue weighted by Crippen LogP contribution is 2.21. The van der Waals surface area contributed by atoms with Crippen molar-refractivity contribution in [2.24, 2.45) is 0 Å². The van der Waals surface area contributed by atoms with Gasteiger partial charge in [0.15, 0.2) is 0 Å². The number of para-hydroxylation sites is 1. The van der Waals surface area contributed by atoms with Gasteiger partial charge in [0.1, 0.15) is 17.9 Å². The summed E-state index contributed by atoms with van der Waals surface area (Å²) in [5.74, 6) is 1.56. The van der Waals surface area contributed by atoms with Gasteiger partial charge in [-0.2, -0.15) is 0 Å². The van der Waals surface area contributed by atoms with Gasteiger partial charge in [0.25, 0.3) is 0 Å². The molecule has 0 aliphatic carbocycles. The molecule has 2 N–H and O–H groups in total. The second-order valence-corrected chi connectivity index (χ2v) is 6.04. The van der Waals surface area contributed by atoms with Crippen molar-refractivity contribution >= 4 is 17.4 Å². The van der Waals surface area contributed by atoms with E-state index in [-0.39, 0.29) is 5.91 Å². The van der Waals surface area contributed by atoms with Crippen molar-refractivity contribution in [2.75, 3.05) is 24.3 Å². The average molecular weight is 362 g/mol. The number of carbonyl (C=O) groups is 1. The van der Waals surface area contributed by atoms with Gasteiger partial charge in [0.05, 0.1) is 12.8 Å². The van der Waals surface area contributed by atoms with E-state index in [0.29, 0.717) is 0 Å². The fourth-order valence-electron chi connectivity index (χ4n) is 2.77. The monoisotopic (exact) mass is 362 g/mol. The lowest BCUT2D eigenvalue weighted by molar-refractivity contribution is -0.114. The van der Waals surface area contributed by atoms with Crippen LogP contribution in [0.15, 0.2) is 60.9 Å². The first-order valence-corrected chi connectivity index (χ1v) is 8.71. The molecule has 6 nitrogen and oxygen atoms in total. The predicted octanol–water partition coefficient (Wildman–Crippen LogP) is 3.77. The van der Waals surface area contributed by atoms with Crippen LogP contribution in [-0.2, 0) is 11.2 Å². The maximum atomic E-state index is 11.1. The van der Waals surface area contributed by atoms with Crippen LogP contribution in [0.2, 0.25) is 0 Å². The zero-order chi connectivity index (χ0) is 19.1. The molecular formula is C21H22N4O2. The second kappa shape index (κ2) is 8.80. The van der Waals surface area contributed by atoms with Crippen LogP contribution in [0.1, 0.15) is 12.5 Å². The van der Waals surface area contributed by atoms with Crippen LogP contribution < -0.4 is 15.4 Å². The van der Waals surface area contributed by atoms with Crippen LogP contribution in [0.4, 0.5) is 11.5 Å². The lowest BCUT2D eigenvalue weighted by Crippen LogP contribution is -2.07. The minimum atomic E-state index is -0.0914. The molecular weight excluding hydrogens is 340 g/mol. The molecule has 0 fully saturated rings. The Bertz CT molecular complexity index is 910. The van der Waals surface area contributed by atoms with Gasteiger partial charge in [-0.15, -0.1) is 0 Å². The number of hydrogen-bond acceptors (Lipinski definition) is 5. The number of anilines is 2. The van der Waals surface area contributed by atoms with Crippen molar-refractivity contribution in [3.05, 3.63) is 66.5 Å². The van der Waals surface area contributed by atoms with Crippen molar-refractivity contribution in [1.29, 1.82) is 0 Å². The largest absolute Gasteiger partial charge is 0.496 e. The zero-order valence-electron chi connectivity index (χ0n) is 15.4. The fourth-order valence-corrected chi connectivity index (χ4v) is 2.77. The normalized spacial score (nSPS) is 10.3. The summed E-state index contributed by atoms with van der Waals surface area (Å²) in [4.78, 5) is 19.7. The molecule has 6 heteroatoms. The number of benzene rings is 2. The third kappa shape index (κ3) is 5.04. The smallest absolute Gasteiger partial charge is 0.221 e. The summed E-state index contributed by atoms with van der Waals surface area (Å²) in [5.41, 5.74) is 3.68. The van der Waals surface area contributed by atoms with Crippen LogP contribution in [0.3, 0.4) is 0 Å². The van der Waals surface area contributed by atoms with E-state index in [4.69, 9.17) is 4.74 Å². The Kier molecular flexibility index (Phi) is 5.99. The molecule has 0 saturated carbocycles. The molecule has 0 saturated heterocycles. The van der Waals surface area contributed by atoms with E-state index in [9.17, 15) is 4.79 Å². The average Bonchev–Trinajstić information content (AvgIpc) is 2.69. The summed E-state index contributed by atoms with van der Waals surface area (Å²) in [5, 5.41) is 6.08. The lowest BCUT2D eigenvalue weighted by Gasteiger charge is -2.10. The van der Waals surface area contributed by atoms with Crippen LogP contribution in [0.5, 0.6) is 5.75 Å². The van der Waals surface area contributed by atoms with Gasteiger partial charge in [-0.1, -0.05) is 30.3 Å². The number of nitrogens with zero attached hydrogens (tertiary/aromatic N) is 2. The minimum Gasteiger partial charge on any atom is -0.496 e. The van der Waals surface area contributed by atoms with E-state index in [0.717, 1.165) is 47.0 Å². The molecule has 27 heavy (non-hydrogen) atoms. The van der Waals surface area contributed by atoms with Crippen LogP contribution in [0, 0.1) is 0 Å². The van der Waals surface area contributed by atoms with Crippen molar-refractivity contribution in [2.45, 2.75) is 13.3 Å². The third-order valence-electron chi connectivity index (χ3n) is 4.06. The third-order valence-corrected chi connectivity index (χ3v) is 4.06. The summed E-state index contributed by atoms with van der Waals surface area (Å²) in [6, 6.07) is 17.5. The second-order valence-electron chi connectivity index (χ2n) is 6.04. The van der Waals surface area contributed by atoms with Crippen molar-refractivity contribution in [3.63, 3.8) is 0 Å². The Balaban J connectivity index is 1.64. The number of ether oxygens (including phenoxy) is 1. The van der Waals surface area contributed by atoms with E-state index < -0.39 is 0 Å². The molecule has 1 heterocycles. The summed E-state index contributed by atoms with van der Waals surface area (Å²) in [6.45, 7) is 2.22. The first-order chi connectivity index (χ1) is 13.2. The van der Waals surface area contributed by atoms with Crippen LogP contribution in [0.25, 0.3) is 11.3 Å². The summed E-state index contributed by atoms with van der Waals surface area (Å²) >= 11 is 0. The van der Waals surface area contributed by atoms with E-state index in [1.165, 1.54) is 6.92 Å². The molecule has 0 atom stereocenters. The molecule has 1 amide bonds. The number of hydrogen-bond donors (Lipinski definition) is 2. The molecule has 0 aliphatic heterocycles. The van der Waals surface area contributed by atoms with Gasteiger partial charge >= 0.3 is 0 Å². The van der Waals surface area contributed by atoms with Gasteiger partial charge in [-0.3, -0.25) is 4.79 Å². The molecule has 138 valence electrons. The standard InChI is InChI=1S/C21H22N4O2/c1-15(26)25-18-9-7-16(8-10-18)19-13-21(24-14-23-19)22-12-11-17-5-3-4-6-20(17)27-2/h3-10,13-14H,11-12H2,1-2H3,(H,25,26)(H,22,23,24). The molecule has 0 radical (unpaired) electrons. The van der Waals surface area contributed by atoms with Gasteiger partial charge in [-0.25, -0.2) is 9.97 Å². The molecule has 0 bridgehead atoms. The number of carbonyl (C=O) groups excluding carboxylic acids is 1. The zero-order valence-corrected chi connectivity index (χ0v) is 15.4. The SMILES string of the molecule is COc1ccccc1CCNc1cc(-c2ccc(NC(C)=O)cc2)ncn1. The highest BCUT2D eigenvalue weighted by atomic mass is 16.5. The van der Waals surface area contributed by atoms with E-state index in [1.807, 2.05) is 48.5 Å². The van der Waals surface area contributed by atoms with Gasteiger partial charge < -0.3 is 15.4 Å². The fraction of sp³-hybridized carbons (Fsp3) is 0.190. The lowest BCUT2D eigenvalue weighted by atomic mass is 10.1. The van der Waals surface area contributed by atoms with Crippen LogP contribution >= 0.6 is 0 Å². The Morgan fingerprint density at radius 1 is 1.07 bits per heavy atom. The van der Waals surface area contributed by atoms with Gasteiger partial charge in [0, 0.05) is 30.8 Å². The number of rotatable bonds is 7. The topological polar surface area (TPSA) is 76.1 Å². The molecule has 1 aromatic heterocycles. The van der Waals surface area contributed by atoms with E-state index in [2.05, 4.69) is 26.7 Å². The number of aromatic nitrogens is 2. The van der Waals surface area contributed by atoms with Crippen molar-refractivity contribution < 1.29 is 9.53 Å². The number of nitrogens with one attached hydrogen (secondary N) is 2. The van der Waals surface area contributed by atoms with Gasteiger partial charge in [0.2, 0.25) is 5.91 Å². The maximum absolute atomic E-state index is 11.1. The molecule has 2 aromatic carbocycles.